The van der Waals surface area contributed by atoms with E-state index >= 15 is 0 Å². The molecule has 0 fully saturated rings. The van der Waals surface area contributed by atoms with Crippen LogP contribution in [0.25, 0.3) is 0 Å². The van der Waals surface area contributed by atoms with Crippen LogP contribution in [0.2, 0.25) is 0 Å². The summed E-state index contributed by atoms with van der Waals surface area (Å²) in [7, 11) is 1.61. The molecule has 4 nitrogen and oxygen atoms in total. The lowest BCUT2D eigenvalue weighted by atomic mass is 9.99. The number of hydrogen-bond donors (Lipinski definition) is 1. The number of carbonyl (C=O) groups excluding carboxylic acids is 1. The highest BCUT2D eigenvalue weighted by molar-refractivity contribution is 5.94. The Morgan fingerprint density at radius 3 is 3.04 bits per heavy atom. The van der Waals surface area contributed by atoms with Crippen molar-refractivity contribution in [3.8, 4) is 5.75 Å². The highest BCUT2D eigenvalue weighted by atomic mass is 16.5. The Balaban J connectivity index is 1.50. The van der Waals surface area contributed by atoms with Gasteiger partial charge in [0.05, 0.1) is 7.11 Å². The molecule has 1 heterocycles. The first-order valence-corrected chi connectivity index (χ1v) is 8.77. The number of ether oxygens (including phenoxy) is 1. The molecule has 3 rings (SSSR count). The maximum absolute atomic E-state index is 12.3. The number of hydrogen-bond acceptors (Lipinski definition) is 3. The second-order valence-corrected chi connectivity index (χ2v) is 6.45. The van der Waals surface area contributed by atoms with Gasteiger partial charge in [-0.25, -0.2) is 0 Å². The Morgan fingerprint density at radius 1 is 1.42 bits per heavy atom. The molecule has 2 aliphatic rings. The van der Waals surface area contributed by atoms with Gasteiger partial charge in [0, 0.05) is 31.2 Å². The number of nitrogens with one attached hydrogen (secondary N) is 1. The molecular formula is C20H26N2O2. The summed E-state index contributed by atoms with van der Waals surface area (Å²) in [6.45, 7) is 2.69. The molecule has 0 saturated carbocycles. The number of methoxy groups -OCH3 is 1. The van der Waals surface area contributed by atoms with Crippen LogP contribution in [0.15, 0.2) is 48.1 Å². The summed E-state index contributed by atoms with van der Waals surface area (Å²) >= 11 is 0. The Hall–Kier alpha value is -2.07. The third-order valence-electron chi connectivity index (χ3n) is 4.84. The van der Waals surface area contributed by atoms with Crippen LogP contribution in [-0.2, 0) is 0 Å². The zero-order valence-corrected chi connectivity index (χ0v) is 14.3. The fourth-order valence-electron chi connectivity index (χ4n) is 3.35. The fourth-order valence-corrected chi connectivity index (χ4v) is 3.35. The van der Waals surface area contributed by atoms with Gasteiger partial charge in [0.15, 0.2) is 0 Å². The van der Waals surface area contributed by atoms with Crippen LogP contribution >= 0.6 is 0 Å². The van der Waals surface area contributed by atoms with Gasteiger partial charge in [0.1, 0.15) is 5.75 Å². The SMILES string of the molecule is COc1cccc(C(=O)NCC2=CCN(C3C=CCCC3)CC2)c1. The summed E-state index contributed by atoms with van der Waals surface area (Å²) in [4.78, 5) is 14.8. The normalized spacial score (nSPS) is 21.2. The molecule has 0 saturated heterocycles. The van der Waals surface area contributed by atoms with Gasteiger partial charge >= 0.3 is 0 Å². The molecule has 128 valence electrons. The van der Waals surface area contributed by atoms with E-state index < -0.39 is 0 Å². The van der Waals surface area contributed by atoms with Crippen LogP contribution < -0.4 is 10.1 Å². The highest BCUT2D eigenvalue weighted by Gasteiger charge is 2.20. The molecule has 0 spiro atoms. The van der Waals surface area contributed by atoms with Crippen molar-refractivity contribution in [3.05, 3.63) is 53.6 Å². The molecule has 1 amide bonds. The summed E-state index contributed by atoms with van der Waals surface area (Å²) in [6.07, 6.45) is 11.8. The number of allylic oxidation sites excluding steroid dienone is 1. The molecule has 1 aromatic carbocycles. The van der Waals surface area contributed by atoms with Gasteiger partial charge in [-0.15, -0.1) is 0 Å². The number of benzene rings is 1. The first-order valence-electron chi connectivity index (χ1n) is 8.77. The summed E-state index contributed by atoms with van der Waals surface area (Å²) in [5.41, 5.74) is 1.96. The fraction of sp³-hybridized carbons (Fsp3) is 0.450. The van der Waals surface area contributed by atoms with Crippen LogP contribution in [0.5, 0.6) is 5.75 Å². The first-order chi connectivity index (χ1) is 11.8. The van der Waals surface area contributed by atoms with E-state index in [1.807, 2.05) is 18.2 Å². The second-order valence-electron chi connectivity index (χ2n) is 6.45. The Morgan fingerprint density at radius 2 is 2.33 bits per heavy atom. The molecule has 1 atom stereocenters. The van der Waals surface area contributed by atoms with E-state index in [1.165, 1.54) is 24.8 Å². The molecule has 0 radical (unpaired) electrons. The lowest BCUT2D eigenvalue weighted by Crippen LogP contribution is -2.39. The first kappa shape index (κ1) is 16.8. The maximum Gasteiger partial charge on any atom is 0.251 e. The van der Waals surface area contributed by atoms with Gasteiger partial charge in [-0.2, -0.15) is 0 Å². The summed E-state index contributed by atoms with van der Waals surface area (Å²) in [5.74, 6) is 0.656. The average molecular weight is 326 g/mol. The van der Waals surface area contributed by atoms with Crippen molar-refractivity contribution >= 4 is 5.91 Å². The zero-order chi connectivity index (χ0) is 16.8. The predicted octanol–water partition coefficient (Wildman–Crippen LogP) is 3.17. The van der Waals surface area contributed by atoms with Crippen molar-refractivity contribution < 1.29 is 9.53 Å². The minimum absolute atomic E-state index is 0.0487. The molecule has 1 unspecified atom stereocenters. The number of amides is 1. The van der Waals surface area contributed by atoms with Crippen molar-refractivity contribution in [1.29, 1.82) is 0 Å². The quantitative estimate of drug-likeness (QED) is 0.845. The molecule has 1 aliphatic heterocycles. The molecule has 4 heteroatoms. The van der Waals surface area contributed by atoms with Crippen molar-refractivity contribution in [2.75, 3.05) is 26.7 Å². The largest absolute Gasteiger partial charge is 0.497 e. The zero-order valence-electron chi connectivity index (χ0n) is 14.3. The summed E-state index contributed by atoms with van der Waals surface area (Å²) < 4.78 is 5.17. The lowest BCUT2D eigenvalue weighted by Gasteiger charge is -2.33. The van der Waals surface area contributed by atoms with Crippen LogP contribution in [0.4, 0.5) is 0 Å². The van der Waals surface area contributed by atoms with Crippen LogP contribution in [-0.4, -0.2) is 43.6 Å². The Kier molecular flexibility index (Phi) is 5.70. The number of rotatable bonds is 5. The number of nitrogens with zero attached hydrogens (tertiary/aromatic N) is 1. The van der Waals surface area contributed by atoms with E-state index in [0.29, 0.717) is 23.9 Å². The van der Waals surface area contributed by atoms with E-state index in [-0.39, 0.29) is 5.91 Å². The standard InChI is InChI=1S/C20H26N2O2/c1-24-19-9-5-6-17(14-19)20(23)21-15-16-10-12-22(13-11-16)18-7-3-2-4-8-18/h3,5-7,9-10,14,18H,2,4,8,11-13,15H2,1H3,(H,21,23). The molecule has 24 heavy (non-hydrogen) atoms. The Labute approximate surface area is 144 Å². The average Bonchev–Trinajstić information content (AvgIpc) is 2.67. The highest BCUT2D eigenvalue weighted by Crippen LogP contribution is 2.20. The monoisotopic (exact) mass is 326 g/mol. The minimum atomic E-state index is -0.0487. The van der Waals surface area contributed by atoms with E-state index in [2.05, 4.69) is 28.4 Å². The van der Waals surface area contributed by atoms with Gasteiger partial charge in [-0.3, -0.25) is 9.69 Å². The van der Waals surface area contributed by atoms with Crippen molar-refractivity contribution in [2.24, 2.45) is 0 Å². The van der Waals surface area contributed by atoms with Gasteiger partial charge in [-0.05, 0) is 43.9 Å². The molecule has 0 aromatic heterocycles. The predicted molar refractivity (Wildman–Crippen MR) is 96.4 cm³/mol. The van der Waals surface area contributed by atoms with Crippen LogP contribution in [0.3, 0.4) is 0 Å². The number of carbonyl (C=O) groups is 1. The van der Waals surface area contributed by atoms with E-state index in [9.17, 15) is 4.79 Å². The molecule has 1 N–H and O–H groups in total. The third kappa shape index (κ3) is 4.26. The smallest absolute Gasteiger partial charge is 0.251 e. The van der Waals surface area contributed by atoms with Crippen LogP contribution in [0, 0.1) is 0 Å². The van der Waals surface area contributed by atoms with Crippen LogP contribution in [0.1, 0.15) is 36.0 Å². The molecule has 0 bridgehead atoms. The van der Waals surface area contributed by atoms with Crippen molar-refractivity contribution in [1.82, 2.24) is 10.2 Å². The molecule has 1 aromatic rings. The molecule has 1 aliphatic carbocycles. The third-order valence-corrected chi connectivity index (χ3v) is 4.84. The maximum atomic E-state index is 12.3. The summed E-state index contributed by atoms with van der Waals surface area (Å²) in [6, 6.07) is 7.85. The van der Waals surface area contributed by atoms with E-state index in [1.54, 1.807) is 13.2 Å². The lowest BCUT2D eigenvalue weighted by molar-refractivity contribution is 0.0955. The Bertz CT molecular complexity index is 636. The second kappa shape index (κ2) is 8.15. The topological polar surface area (TPSA) is 41.6 Å². The van der Waals surface area contributed by atoms with E-state index in [0.717, 1.165) is 19.5 Å². The van der Waals surface area contributed by atoms with Crippen molar-refractivity contribution in [3.63, 3.8) is 0 Å². The molecular weight excluding hydrogens is 300 g/mol. The van der Waals surface area contributed by atoms with Gasteiger partial charge in [0.25, 0.3) is 5.91 Å². The van der Waals surface area contributed by atoms with Gasteiger partial charge in [0.2, 0.25) is 0 Å². The summed E-state index contributed by atoms with van der Waals surface area (Å²) in [5, 5.41) is 3.02. The van der Waals surface area contributed by atoms with Crippen molar-refractivity contribution in [2.45, 2.75) is 31.7 Å². The van der Waals surface area contributed by atoms with Gasteiger partial charge in [-0.1, -0.05) is 29.9 Å². The van der Waals surface area contributed by atoms with Gasteiger partial charge < -0.3 is 10.1 Å². The van der Waals surface area contributed by atoms with E-state index in [4.69, 9.17) is 4.74 Å². The minimum Gasteiger partial charge on any atom is -0.497 e.